The molecule has 2 aliphatic heterocycles. The predicted octanol–water partition coefficient (Wildman–Crippen LogP) is 2.09. The molecule has 0 saturated carbocycles. The van der Waals surface area contributed by atoms with Crippen molar-refractivity contribution in [3.8, 4) is 0 Å². The van der Waals surface area contributed by atoms with Crippen molar-refractivity contribution in [3.63, 3.8) is 0 Å². The highest BCUT2D eigenvalue weighted by atomic mass is 79.9. The smallest absolute Gasteiger partial charge is 0.272 e. The molecule has 0 aliphatic carbocycles. The van der Waals surface area contributed by atoms with Gasteiger partial charge >= 0.3 is 0 Å². The van der Waals surface area contributed by atoms with E-state index in [-0.39, 0.29) is 17.5 Å². The summed E-state index contributed by atoms with van der Waals surface area (Å²) in [4.78, 5) is 33.3. The van der Waals surface area contributed by atoms with Gasteiger partial charge in [0.05, 0.1) is 17.9 Å². The Kier molecular flexibility index (Phi) is 4.76. The van der Waals surface area contributed by atoms with Crippen molar-refractivity contribution in [1.29, 1.82) is 0 Å². The van der Waals surface area contributed by atoms with Crippen molar-refractivity contribution >= 4 is 27.5 Å². The number of likely N-dealkylation sites (tertiary alicyclic amines) is 1. The maximum absolute atomic E-state index is 12.7. The number of amides is 1. The van der Waals surface area contributed by atoms with Crippen LogP contribution in [-0.2, 0) is 0 Å². The second-order valence-corrected chi connectivity index (χ2v) is 7.66. The molecule has 1 atom stereocenters. The second-order valence-electron chi connectivity index (χ2n) is 6.75. The number of piperidine rings is 1. The van der Waals surface area contributed by atoms with E-state index in [4.69, 9.17) is 0 Å². The van der Waals surface area contributed by atoms with Gasteiger partial charge in [0.2, 0.25) is 0 Å². The minimum Gasteiger partial charge on any atom is -0.370 e. The molecule has 0 N–H and O–H groups in total. The van der Waals surface area contributed by atoms with E-state index in [9.17, 15) is 9.59 Å². The number of aromatic nitrogens is 3. The average molecular weight is 418 g/mol. The van der Waals surface area contributed by atoms with E-state index in [1.54, 1.807) is 29.4 Å². The molecule has 2 fully saturated rings. The van der Waals surface area contributed by atoms with E-state index in [1.807, 2.05) is 6.07 Å². The molecule has 2 aromatic heterocycles. The molecule has 2 saturated heterocycles. The molecule has 0 bridgehead atoms. The van der Waals surface area contributed by atoms with E-state index >= 15 is 0 Å². The zero-order valence-corrected chi connectivity index (χ0v) is 15.9. The molecule has 1 amide bonds. The number of carbonyl (C=O) groups is 1. The first-order valence-corrected chi connectivity index (χ1v) is 9.66. The summed E-state index contributed by atoms with van der Waals surface area (Å²) in [5, 5.41) is 4.39. The number of pyridine rings is 1. The molecule has 0 radical (unpaired) electrons. The monoisotopic (exact) mass is 417 g/mol. The molecule has 26 heavy (non-hydrogen) atoms. The molecule has 4 rings (SSSR count). The summed E-state index contributed by atoms with van der Waals surface area (Å²) in [7, 11) is 0. The molecular formula is C18H20BrN5O2. The van der Waals surface area contributed by atoms with Gasteiger partial charge in [-0.05, 0) is 47.3 Å². The topological polar surface area (TPSA) is 71.3 Å². The van der Waals surface area contributed by atoms with Gasteiger partial charge in [-0.3, -0.25) is 9.59 Å². The van der Waals surface area contributed by atoms with Gasteiger partial charge < -0.3 is 9.80 Å². The number of nitrogens with zero attached hydrogens (tertiary/aromatic N) is 5. The SMILES string of the molecule is O=C(c1ccc(Br)cn1)N1CCC[C@@H](n2ncc(N3CCC3)cc2=O)C1. The Balaban J connectivity index is 1.50. The second kappa shape index (κ2) is 7.19. The maximum Gasteiger partial charge on any atom is 0.272 e. The van der Waals surface area contributed by atoms with Gasteiger partial charge in [-0.15, -0.1) is 0 Å². The lowest BCUT2D eigenvalue weighted by Gasteiger charge is -2.34. The van der Waals surface area contributed by atoms with Gasteiger partial charge in [-0.25, -0.2) is 9.67 Å². The summed E-state index contributed by atoms with van der Waals surface area (Å²) >= 11 is 3.33. The Bertz CT molecular complexity index is 863. The molecule has 0 spiro atoms. The summed E-state index contributed by atoms with van der Waals surface area (Å²) < 4.78 is 2.36. The lowest BCUT2D eigenvalue weighted by atomic mass is 10.1. The molecule has 0 unspecified atom stereocenters. The fourth-order valence-corrected chi connectivity index (χ4v) is 3.67. The maximum atomic E-state index is 12.7. The summed E-state index contributed by atoms with van der Waals surface area (Å²) in [6, 6.07) is 5.08. The van der Waals surface area contributed by atoms with Crippen LogP contribution < -0.4 is 10.5 Å². The number of halogens is 1. The average Bonchev–Trinajstić information content (AvgIpc) is 2.60. The van der Waals surface area contributed by atoms with Crippen LogP contribution >= 0.6 is 15.9 Å². The van der Waals surface area contributed by atoms with Gasteiger partial charge in [-0.2, -0.15) is 5.10 Å². The molecule has 8 heteroatoms. The summed E-state index contributed by atoms with van der Waals surface area (Å²) in [6.07, 6.45) is 6.22. The predicted molar refractivity (Wildman–Crippen MR) is 101 cm³/mol. The number of hydrogen-bond acceptors (Lipinski definition) is 5. The first-order valence-electron chi connectivity index (χ1n) is 8.86. The number of anilines is 1. The number of carbonyl (C=O) groups excluding carboxylic acids is 1. The summed E-state index contributed by atoms with van der Waals surface area (Å²) in [5.74, 6) is -0.104. The Morgan fingerprint density at radius 1 is 1.15 bits per heavy atom. The van der Waals surface area contributed by atoms with Crippen LogP contribution in [0.4, 0.5) is 5.69 Å². The van der Waals surface area contributed by atoms with Crippen LogP contribution in [0.3, 0.4) is 0 Å². The van der Waals surface area contributed by atoms with E-state index in [0.717, 1.165) is 42.5 Å². The van der Waals surface area contributed by atoms with Crippen LogP contribution in [0.25, 0.3) is 0 Å². The molecular weight excluding hydrogens is 398 g/mol. The molecule has 4 heterocycles. The lowest BCUT2D eigenvalue weighted by molar-refractivity contribution is 0.0664. The van der Waals surface area contributed by atoms with Crippen LogP contribution in [0, 0.1) is 0 Å². The van der Waals surface area contributed by atoms with Crippen LogP contribution in [-0.4, -0.2) is 51.8 Å². The van der Waals surface area contributed by atoms with E-state index in [2.05, 4.69) is 30.9 Å². The van der Waals surface area contributed by atoms with Gasteiger partial charge in [0.25, 0.3) is 11.5 Å². The van der Waals surface area contributed by atoms with Crippen LogP contribution in [0.5, 0.6) is 0 Å². The van der Waals surface area contributed by atoms with E-state index in [1.165, 1.54) is 4.68 Å². The van der Waals surface area contributed by atoms with E-state index in [0.29, 0.717) is 18.8 Å². The van der Waals surface area contributed by atoms with Gasteiger partial charge in [-0.1, -0.05) is 0 Å². The first kappa shape index (κ1) is 17.2. The van der Waals surface area contributed by atoms with Crippen molar-refractivity contribution in [2.75, 3.05) is 31.1 Å². The van der Waals surface area contributed by atoms with Crippen LogP contribution in [0.2, 0.25) is 0 Å². The Morgan fingerprint density at radius 2 is 2.00 bits per heavy atom. The summed E-state index contributed by atoms with van der Waals surface area (Å²) in [5.41, 5.74) is 1.21. The van der Waals surface area contributed by atoms with Crippen molar-refractivity contribution in [1.82, 2.24) is 19.7 Å². The fraction of sp³-hybridized carbons (Fsp3) is 0.444. The fourth-order valence-electron chi connectivity index (χ4n) is 3.43. The third-order valence-corrected chi connectivity index (χ3v) is 5.48. The highest BCUT2D eigenvalue weighted by Gasteiger charge is 2.27. The normalized spacial score (nSPS) is 20.0. The lowest BCUT2D eigenvalue weighted by Crippen LogP contribution is -2.44. The van der Waals surface area contributed by atoms with Gasteiger partial charge in [0.15, 0.2) is 0 Å². The minimum absolute atomic E-state index is 0.0962. The number of hydrogen-bond donors (Lipinski definition) is 0. The Hall–Kier alpha value is -2.22. The first-order chi connectivity index (χ1) is 12.6. The largest absolute Gasteiger partial charge is 0.370 e. The van der Waals surface area contributed by atoms with E-state index < -0.39 is 0 Å². The van der Waals surface area contributed by atoms with Crippen LogP contribution in [0.15, 0.2) is 39.9 Å². The minimum atomic E-state index is -0.104. The van der Waals surface area contributed by atoms with Crippen molar-refractivity contribution < 1.29 is 4.79 Å². The third kappa shape index (κ3) is 3.38. The zero-order chi connectivity index (χ0) is 18.1. The van der Waals surface area contributed by atoms with Gasteiger partial charge in [0.1, 0.15) is 5.69 Å². The number of rotatable bonds is 3. The Morgan fingerprint density at radius 3 is 2.65 bits per heavy atom. The standard InChI is InChI=1S/C18H20BrN5O2/c19-13-4-5-16(20-10-13)18(26)23-6-1-3-14(12-23)24-17(25)9-15(11-21-24)22-7-2-8-22/h4-5,9-11,14H,1-3,6-8,12H2/t14-/m1/s1. The van der Waals surface area contributed by atoms with Crippen molar-refractivity contribution in [2.45, 2.75) is 25.3 Å². The molecule has 7 nitrogen and oxygen atoms in total. The highest BCUT2D eigenvalue weighted by molar-refractivity contribution is 9.10. The molecule has 2 aliphatic rings. The van der Waals surface area contributed by atoms with Crippen molar-refractivity contribution in [2.24, 2.45) is 0 Å². The quantitative estimate of drug-likeness (QED) is 0.764. The molecule has 136 valence electrons. The third-order valence-electron chi connectivity index (χ3n) is 5.01. The van der Waals surface area contributed by atoms with Crippen LogP contribution in [0.1, 0.15) is 35.8 Å². The molecule has 0 aromatic carbocycles. The molecule has 2 aromatic rings. The zero-order valence-electron chi connectivity index (χ0n) is 14.3. The van der Waals surface area contributed by atoms with Gasteiger partial charge in [0, 0.05) is 42.9 Å². The summed E-state index contributed by atoms with van der Waals surface area (Å²) in [6.45, 7) is 3.12. The van der Waals surface area contributed by atoms with Crippen molar-refractivity contribution in [3.05, 3.63) is 51.1 Å². The highest BCUT2D eigenvalue weighted by Crippen LogP contribution is 2.22. The Labute approximate surface area is 159 Å².